The standard InChI is InChI=1S/C16H23F3N4O2/c1-4-20-15(21-9-12-7-5-6-8-13(12)25-3)22-10-14(24)23(2)11-16(17,18)19/h5-8H,4,9-11H2,1-3H3,(H2,20,21,22). The van der Waals surface area contributed by atoms with E-state index in [0.717, 1.165) is 12.6 Å². The van der Waals surface area contributed by atoms with Crippen molar-refractivity contribution >= 4 is 11.9 Å². The van der Waals surface area contributed by atoms with Gasteiger partial charge in [-0.2, -0.15) is 13.2 Å². The Bertz CT molecular complexity index is 591. The highest BCUT2D eigenvalue weighted by Gasteiger charge is 2.31. The number of nitrogens with one attached hydrogen (secondary N) is 2. The zero-order valence-corrected chi connectivity index (χ0v) is 14.5. The lowest BCUT2D eigenvalue weighted by molar-refractivity contribution is -0.157. The lowest BCUT2D eigenvalue weighted by atomic mass is 10.2. The first-order valence-electron chi connectivity index (χ1n) is 7.71. The first-order chi connectivity index (χ1) is 11.8. The predicted molar refractivity (Wildman–Crippen MR) is 89.5 cm³/mol. The van der Waals surface area contributed by atoms with Gasteiger partial charge in [-0.05, 0) is 13.0 Å². The van der Waals surface area contributed by atoms with Gasteiger partial charge in [0.2, 0.25) is 5.91 Å². The van der Waals surface area contributed by atoms with E-state index < -0.39 is 18.6 Å². The molecular formula is C16H23F3N4O2. The number of amides is 1. The van der Waals surface area contributed by atoms with Crippen molar-refractivity contribution in [2.45, 2.75) is 19.6 Å². The number of rotatable bonds is 7. The minimum absolute atomic E-state index is 0.287. The molecule has 0 saturated carbocycles. The van der Waals surface area contributed by atoms with E-state index >= 15 is 0 Å². The van der Waals surface area contributed by atoms with Crippen molar-refractivity contribution in [3.8, 4) is 5.75 Å². The molecule has 1 rings (SSSR count). The fourth-order valence-corrected chi connectivity index (χ4v) is 1.99. The number of guanidine groups is 1. The first kappa shape index (κ1) is 20.6. The zero-order chi connectivity index (χ0) is 18.9. The second-order valence-corrected chi connectivity index (χ2v) is 5.23. The van der Waals surface area contributed by atoms with E-state index in [1.165, 1.54) is 0 Å². The quantitative estimate of drug-likeness (QED) is 0.575. The molecule has 25 heavy (non-hydrogen) atoms. The molecular weight excluding hydrogens is 337 g/mol. The van der Waals surface area contributed by atoms with Crippen molar-refractivity contribution in [1.29, 1.82) is 0 Å². The zero-order valence-electron chi connectivity index (χ0n) is 14.5. The Morgan fingerprint density at radius 1 is 1.28 bits per heavy atom. The molecule has 0 heterocycles. The SMILES string of the molecule is CCNC(=NCc1ccccc1OC)NCC(=O)N(C)CC(F)(F)F. The summed E-state index contributed by atoms with van der Waals surface area (Å²) in [6.07, 6.45) is -4.42. The number of likely N-dealkylation sites (N-methyl/N-ethyl adjacent to an activating group) is 1. The van der Waals surface area contributed by atoms with Gasteiger partial charge in [0.15, 0.2) is 5.96 Å². The number of para-hydroxylation sites is 1. The highest BCUT2D eigenvalue weighted by atomic mass is 19.4. The van der Waals surface area contributed by atoms with Crippen molar-refractivity contribution in [2.24, 2.45) is 4.99 Å². The summed E-state index contributed by atoms with van der Waals surface area (Å²) in [7, 11) is 2.66. The van der Waals surface area contributed by atoms with Crippen molar-refractivity contribution < 1.29 is 22.7 Å². The van der Waals surface area contributed by atoms with E-state index in [0.29, 0.717) is 29.7 Å². The number of carbonyl (C=O) groups excluding carboxylic acids is 1. The number of carbonyl (C=O) groups is 1. The van der Waals surface area contributed by atoms with Crippen LogP contribution >= 0.6 is 0 Å². The van der Waals surface area contributed by atoms with Gasteiger partial charge in [-0.3, -0.25) is 4.79 Å². The van der Waals surface area contributed by atoms with Crippen LogP contribution in [0.2, 0.25) is 0 Å². The van der Waals surface area contributed by atoms with Crippen molar-refractivity contribution in [3.05, 3.63) is 29.8 Å². The minimum Gasteiger partial charge on any atom is -0.496 e. The molecule has 0 aromatic heterocycles. The molecule has 9 heteroatoms. The Balaban J connectivity index is 2.66. The number of benzene rings is 1. The van der Waals surface area contributed by atoms with Crippen LogP contribution in [0.3, 0.4) is 0 Å². The number of ether oxygens (including phenoxy) is 1. The fraction of sp³-hybridized carbons (Fsp3) is 0.500. The molecule has 1 aromatic rings. The largest absolute Gasteiger partial charge is 0.496 e. The summed E-state index contributed by atoms with van der Waals surface area (Å²) in [5.74, 6) is 0.338. The Morgan fingerprint density at radius 2 is 1.96 bits per heavy atom. The Hall–Kier alpha value is -2.45. The molecule has 140 valence electrons. The topological polar surface area (TPSA) is 66.0 Å². The minimum atomic E-state index is -4.42. The summed E-state index contributed by atoms with van der Waals surface area (Å²) in [6, 6.07) is 7.35. The van der Waals surface area contributed by atoms with Gasteiger partial charge in [-0.15, -0.1) is 0 Å². The monoisotopic (exact) mass is 360 g/mol. The van der Waals surface area contributed by atoms with E-state index in [1.807, 2.05) is 25.1 Å². The second-order valence-electron chi connectivity index (χ2n) is 5.23. The highest BCUT2D eigenvalue weighted by Crippen LogP contribution is 2.18. The molecule has 0 saturated heterocycles. The number of methoxy groups -OCH3 is 1. The molecule has 0 fully saturated rings. The molecule has 0 radical (unpaired) electrons. The van der Waals surface area contributed by atoms with Crippen LogP contribution in [0.5, 0.6) is 5.75 Å². The van der Waals surface area contributed by atoms with E-state index in [-0.39, 0.29) is 6.54 Å². The summed E-state index contributed by atoms with van der Waals surface area (Å²) in [6.45, 7) is 1.11. The summed E-state index contributed by atoms with van der Waals surface area (Å²) in [5.41, 5.74) is 0.850. The van der Waals surface area contributed by atoms with E-state index in [1.54, 1.807) is 13.2 Å². The normalized spacial score (nSPS) is 11.8. The van der Waals surface area contributed by atoms with Gasteiger partial charge >= 0.3 is 6.18 Å². The van der Waals surface area contributed by atoms with Crippen LogP contribution in [0.1, 0.15) is 12.5 Å². The Morgan fingerprint density at radius 3 is 2.56 bits per heavy atom. The van der Waals surface area contributed by atoms with Crippen molar-refractivity contribution in [2.75, 3.05) is 33.8 Å². The van der Waals surface area contributed by atoms with Crippen molar-refractivity contribution in [1.82, 2.24) is 15.5 Å². The van der Waals surface area contributed by atoms with Crippen LogP contribution in [0, 0.1) is 0 Å². The molecule has 0 atom stereocenters. The number of nitrogens with zero attached hydrogens (tertiary/aromatic N) is 2. The fourth-order valence-electron chi connectivity index (χ4n) is 1.99. The maximum atomic E-state index is 12.3. The molecule has 0 aliphatic rings. The predicted octanol–water partition coefficient (Wildman–Crippen LogP) is 1.77. The molecule has 0 bridgehead atoms. The highest BCUT2D eigenvalue weighted by molar-refractivity contribution is 5.86. The average molecular weight is 360 g/mol. The van der Waals surface area contributed by atoms with Crippen LogP contribution in [0.4, 0.5) is 13.2 Å². The molecule has 1 amide bonds. The van der Waals surface area contributed by atoms with E-state index in [9.17, 15) is 18.0 Å². The summed E-state index contributed by atoms with van der Waals surface area (Å²) >= 11 is 0. The molecule has 2 N–H and O–H groups in total. The number of hydrogen-bond donors (Lipinski definition) is 2. The maximum absolute atomic E-state index is 12.3. The number of aliphatic imine (C=N–C) groups is 1. The molecule has 1 aromatic carbocycles. The van der Waals surface area contributed by atoms with Crippen molar-refractivity contribution in [3.63, 3.8) is 0 Å². The van der Waals surface area contributed by atoms with Crippen LogP contribution in [0.15, 0.2) is 29.3 Å². The summed E-state index contributed by atoms with van der Waals surface area (Å²) in [4.78, 5) is 16.7. The molecule has 0 aliphatic carbocycles. The number of hydrogen-bond acceptors (Lipinski definition) is 3. The van der Waals surface area contributed by atoms with Crippen LogP contribution in [-0.4, -0.2) is 56.7 Å². The van der Waals surface area contributed by atoms with Crippen LogP contribution in [0.25, 0.3) is 0 Å². The lowest BCUT2D eigenvalue weighted by Crippen LogP contribution is -2.45. The summed E-state index contributed by atoms with van der Waals surface area (Å²) < 4.78 is 42.1. The number of alkyl halides is 3. The van der Waals surface area contributed by atoms with Gasteiger partial charge in [-0.1, -0.05) is 18.2 Å². The average Bonchev–Trinajstić information content (AvgIpc) is 2.55. The van der Waals surface area contributed by atoms with E-state index in [4.69, 9.17) is 4.74 Å². The van der Waals surface area contributed by atoms with Crippen LogP contribution in [-0.2, 0) is 11.3 Å². The molecule has 6 nitrogen and oxygen atoms in total. The third-order valence-corrected chi connectivity index (χ3v) is 3.19. The van der Waals surface area contributed by atoms with Gasteiger partial charge in [0.25, 0.3) is 0 Å². The van der Waals surface area contributed by atoms with Gasteiger partial charge in [0.1, 0.15) is 12.3 Å². The van der Waals surface area contributed by atoms with Gasteiger partial charge in [-0.25, -0.2) is 4.99 Å². The number of halogens is 3. The molecule has 0 spiro atoms. The Labute approximate surface area is 145 Å². The van der Waals surface area contributed by atoms with Crippen LogP contribution < -0.4 is 15.4 Å². The Kier molecular flexibility index (Phi) is 8.03. The van der Waals surface area contributed by atoms with Gasteiger partial charge < -0.3 is 20.3 Å². The second kappa shape index (κ2) is 9.75. The molecule has 0 aliphatic heterocycles. The van der Waals surface area contributed by atoms with Gasteiger partial charge in [0.05, 0.1) is 20.2 Å². The summed E-state index contributed by atoms with van der Waals surface area (Å²) in [5, 5.41) is 5.67. The van der Waals surface area contributed by atoms with E-state index in [2.05, 4.69) is 15.6 Å². The van der Waals surface area contributed by atoms with Gasteiger partial charge in [0, 0.05) is 19.2 Å². The molecule has 0 unspecified atom stereocenters. The third-order valence-electron chi connectivity index (χ3n) is 3.19. The lowest BCUT2D eigenvalue weighted by Gasteiger charge is -2.20. The smallest absolute Gasteiger partial charge is 0.406 e. The first-order valence-corrected chi connectivity index (χ1v) is 7.71. The maximum Gasteiger partial charge on any atom is 0.406 e. The third kappa shape index (κ3) is 7.77.